The van der Waals surface area contributed by atoms with Gasteiger partial charge < -0.3 is 5.32 Å². The lowest BCUT2D eigenvalue weighted by atomic mass is 10.1. The number of benzene rings is 2. The highest BCUT2D eigenvalue weighted by molar-refractivity contribution is 6.37. The van der Waals surface area contributed by atoms with Gasteiger partial charge in [-0.2, -0.15) is 5.26 Å². The first-order chi connectivity index (χ1) is 11.8. The maximum absolute atomic E-state index is 12.3. The van der Waals surface area contributed by atoms with Gasteiger partial charge in [-0.3, -0.25) is 14.9 Å². The van der Waals surface area contributed by atoms with E-state index < -0.39 is 10.8 Å². The third-order valence-electron chi connectivity index (χ3n) is 3.32. The first-order valence-electron chi connectivity index (χ1n) is 6.95. The second kappa shape index (κ2) is 7.79. The van der Waals surface area contributed by atoms with Crippen LogP contribution in [0.3, 0.4) is 0 Å². The molecule has 0 radical (unpaired) electrons. The first kappa shape index (κ1) is 18.5. The molecule has 2 rings (SSSR count). The van der Waals surface area contributed by atoms with Crippen molar-refractivity contribution in [1.82, 2.24) is 0 Å². The standard InChI is InChI=1S/C17H11Cl2N3O3/c1-10-7-12(22(24)25)5-6-16(10)21-17(23)11(9-20)8-13-14(18)3-2-4-15(13)19/h2-8H,1H3,(H,21,23). The normalized spacial score (nSPS) is 10.9. The molecule has 8 heteroatoms. The van der Waals surface area contributed by atoms with E-state index in [-0.39, 0.29) is 11.3 Å². The number of nitro benzene ring substituents is 1. The van der Waals surface area contributed by atoms with Crippen molar-refractivity contribution < 1.29 is 9.72 Å². The number of non-ortho nitro benzene ring substituents is 1. The van der Waals surface area contributed by atoms with E-state index in [1.165, 1.54) is 24.3 Å². The van der Waals surface area contributed by atoms with Crippen LogP contribution in [0, 0.1) is 28.4 Å². The van der Waals surface area contributed by atoms with E-state index in [1.807, 2.05) is 0 Å². The number of nitrogens with one attached hydrogen (secondary N) is 1. The smallest absolute Gasteiger partial charge is 0.269 e. The predicted octanol–water partition coefficient (Wildman–Crippen LogP) is 4.76. The molecule has 2 aromatic carbocycles. The Bertz CT molecular complexity index is 913. The van der Waals surface area contributed by atoms with E-state index in [0.717, 1.165) is 0 Å². The first-order valence-corrected chi connectivity index (χ1v) is 7.71. The summed E-state index contributed by atoms with van der Waals surface area (Å²) in [4.78, 5) is 22.5. The molecule has 0 aromatic heterocycles. The van der Waals surface area contributed by atoms with Gasteiger partial charge in [-0.15, -0.1) is 0 Å². The van der Waals surface area contributed by atoms with Crippen molar-refractivity contribution in [2.45, 2.75) is 6.92 Å². The molecule has 0 aliphatic heterocycles. The number of anilines is 1. The summed E-state index contributed by atoms with van der Waals surface area (Å²) >= 11 is 12.1. The van der Waals surface area contributed by atoms with Crippen molar-refractivity contribution in [3.05, 3.63) is 73.3 Å². The number of nitrogens with zero attached hydrogens (tertiary/aromatic N) is 2. The van der Waals surface area contributed by atoms with Gasteiger partial charge in [0.1, 0.15) is 11.6 Å². The molecule has 2 aromatic rings. The maximum Gasteiger partial charge on any atom is 0.269 e. The minimum atomic E-state index is -0.671. The average Bonchev–Trinajstić information content (AvgIpc) is 2.56. The molecule has 1 amide bonds. The largest absolute Gasteiger partial charge is 0.321 e. The fraction of sp³-hybridized carbons (Fsp3) is 0.0588. The number of carbonyl (C=O) groups excluding carboxylic acids is 1. The van der Waals surface area contributed by atoms with Crippen LogP contribution in [0.2, 0.25) is 10.0 Å². The van der Waals surface area contributed by atoms with Gasteiger partial charge in [0, 0.05) is 33.4 Å². The third kappa shape index (κ3) is 4.35. The van der Waals surface area contributed by atoms with Crippen LogP contribution in [0.15, 0.2) is 42.0 Å². The zero-order chi connectivity index (χ0) is 18.6. The topological polar surface area (TPSA) is 96.0 Å². The van der Waals surface area contributed by atoms with Crippen molar-refractivity contribution in [2.24, 2.45) is 0 Å². The van der Waals surface area contributed by atoms with Crippen LogP contribution in [0.5, 0.6) is 0 Å². The van der Waals surface area contributed by atoms with Crippen molar-refractivity contribution in [3.8, 4) is 6.07 Å². The Balaban J connectivity index is 2.31. The molecule has 0 spiro atoms. The second-order valence-electron chi connectivity index (χ2n) is 5.02. The summed E-state index contributed by atoms with van der Waals surface area (Å²) in [5.74, 6) is -0.671. The molecule has 0 bridgehead atoms. The number of rotatable bonds is 4. The number of nitro groups is 1. The van der Waals surface area contributed by atoms with E-state index in [0.29, 0.717) is 26.9 Å². The quantitative estimate of drug-likeness (QED) is 0.360. The summed E-state index contributed by atoms with van der Waals surface area (Å²) in [5, 5.41) is 23.2. The number of hydrogen-bond acceptors (Lipinski definition) is 4. The molecule has 6 nitrogen and oxygen atoms in total. The zero-order valence-corrected chi connectivity index (χ0v) is 14.4. The fourth-order valence-electron chi connectivity index (χ4n) is 2.03. The van der Waals surface area contributed by atoms with Crippen molar-refractivity contribution in [3.63, 3.8) is 0 Å². The van der Waals surface area contributed by atoms with E-state index >= 15 is 0 Å². The van der Waals surface area contributed by atoms with Crippen LogP contribution in [0.25, 0.3) is 6.08 Å². The third-order valence-corrected chi connectivity index (χ3v) is 3.98. The molecule has 0 atom stereocenters. The highest BCUT2D eigenvalue weighted by atomic mass is 35.5. The van der Waals surface area contributed by atoms with Crippen LogP contribution >= 0.6 is 23.2 Å². The molecule has 0 aliphatic carbocycles. The Labute approximate surface area is 153 Å². The van der Waals surface area contributed by atoms with Crippen molar-refractivity contribution in [1.29, 1.82) is 5.26 Å². The van der Waals surface area contributed by atoms with Crippen LogP contribution < -0.4 is 5.32 Å². The molecule has 25 heavy (non-hydrogen) atoms. The molecular formula is C17H11Cl2N3O3. The predicted molar refractivity (Wildman–Crippen MR) is 96.5 cm³/mol. The number of aryl methyl sites for hydroxylation is 1. The summed E-state index contributed by atoms with van der Waals surface area (Å²) in [6.07, 6.45) is 1.29. The Kier molecular flexibility index (Phi) is 5.75. The monoisotopic (exact) mass is 375 g/mol. The maximum atomic E-state index is 12.3. The van der Waals surface area contributed by atoms with E-state index in [2.05, 4.69) is 5.32 Å². The molecule has 1 N–H and O–H groups in total. The Morgan fingerprint density at radius 2 is 1.92 bits per heavy atom. The van der Waals surface area contributed by atoms with Crippen molar-refractivity contribution in [2.75, 3.05) is 5.32 Å². The van der Waals surface area contributed by atoms with E-state index in [1.54, 1.807) is 31.2 Å². The zero-order valence-electron chi connectivity index (χ0n) is 12.9. The summed E-state index contributed by atoms with van der Waals surface area (Å²) in [5.41, 5.74) is 0.928. The summed E-state index contributed by atoms with van der Waals surface area (Å²) in [6, 6.07) is 10.6. The van der Waals surface area contributed by atoms with Gasteiger partial charge in [-0.25, -0.2) is 0 Å². The molecule has 0 saturated carbocycles. The van der Waals surface area contributed by atoms with E-state index in [9.17, 15) is 20.2 Å². The van der Waals surface area contributed by atoms with Gasteiger partial charge in [0.2, 0.25) is 0 Å². The molecule has 0 fully saturated rings. The molecule has 0 heterocycles. The molecule has 0 saturated heterocycles. The highest BCUT2D eigenvalue weighted by Crippen LogP contribution is 2.27. The van der Waals surface area contributed by atoms with Crippen LogP contribution in [0.1, 0.15) is 11.1 Å². The van der Waals surface area contributed by atoms with Crippen LogP contribution in [0.4, 0.5) is 11.4 Å². The summed E-state index contributed by atoms with van der Waals surface area (Å²) in [6.45, 7) is 1.61. The average molecular weight is 376 g/mol. The minimum Gasteiger partial charge on any atom is -0.321 e. The molecule has 0 unspecified atom stereocenters. The van der Waals surface area contributed by atoms with Gasteiger partial charge in [0.25, 0.3) is 11.6 Å². The van der Waals surface area contributed by atoms with Gasteiger partial charge in [-0.1, -0.05) is 29.3 Å². The van der Waals surface area contributed by atoms with Crippen LogP contribution in [-0.2, 0) is 4.79 Å². The van der Waals surface area contributed by atoms with Gasteiger partial charge in [0.05, 0.1) is 4.92 Å². The van der Waals surface area contributed by atoms with Crippen molar-refractivity contribution >= 4 is 46.6 Å². The SMILES string of the molecule is Cc1cc([N+](=O)[O-])ccc1NC(=O)C(C#N)=Cc1c(Cl)cccc1Cl. The number of hydrogen-bond donors (Lipinski definition) is 1. The lowest BCUT2D eigenvalue weighted by Crippen LogP contribution is -2.14. The lowest BCUT2D eigenvalue weighted by molar-refractivity contribution is -0.384. The molecule has 126 valence electrons. The Hall–Kier alpha value is -2.88. The van der Waals surface area contributed by atoms with E-state index in [4.69, 9.17) is 23.2 Å². The lowest BCUT2D eigenvalue weighted by Gasteiger charge is -2.08. The second-order valence-corrected chi connectivity index (χ2v) is 5.83. The fourth-order valence-corrected chi connectivity index (χ4v) is 2.54. The highest BCUT2D eigenvalue weighted by Gasteiger charge is 2.14. The number of carbonyl (C=O) groups is 1. The number of nitriles is 1. The number of amides is 1. The molecular weight excluding hydrogens is 365 g/mol. The van der Waals surface area contributed by atoms with Crippen LogP contribution in [-0.4, -0.2) is 10.8 Å². The summed E-state index contributed by atoms with van der Waals surface area (Å²) < 4.78 is 0. The van der Waals surface area contributed by atoms with Gasteiger partial charge in [0.15, 0.2) is 0 Å². The molecule has 0 aliphatic rings. The van der Waals surface area contributed by atoms with Gasteiger partial charge >= 0.3 is 0 Å². The Morgan fingerprint density at radius 3 is 2.44 bits per heavy atom. The summed E-state index contributed by atoms with van der Waals surface area (Å²) in [7, 11) is 0. The minimum absolute atomic E-state index is 0.0885. The Morgan fingerprint density at radius 1 is 1.28 bits per heavy atom. The number of halogens is 2. The van der Waals surface area contributed by atoms with Gasteiger partial charge in [-0.05, 0) is 36.8 Å².